The smallest absolute Gasteiger partial charge is 0.255 e. The Kier molecular flexibility index (Phi) is 3.49. The van der Waals surface area contributed by atoms with Crippen LogP contribution in [0.1, 0.15) is 5.69 Å². The van der Waals surface area contributed by atoms with Crippen LogP contribution in [0.15, 0.2) is 36.5 Å². The molecule has 17 heavy (non-hydrogen) atoms. The number of rotatable bonds is 4. The van der Waals surface area contributed by atoms with Crippen molar-refractivity contribution in [2.45, 2.75) is 6.61 Å². The van der Waals surface area contributed by atoms with Crippen LogP contribution in [0.4, 0.5) is 4.39 Å². The highest BCUT2D eigenvalue weighted by atomic mass is 19.1. The number of halogens is 1. The van der Waals surface area contributed by atoms with Gasteiger partial charge in [-0.15, -0.1) is 0 Å². The summed E-state index contributed by atoms with van der Waals surface area (Å²) in [7, 11) is 1.54. The Morgan fingerprint density at radius 2 is 2.12 bits per heavy atom. The second-order valence-corrected chi connectivity index (χ2v) is 3.25. The zero-order chi connectivity index (χ0) is 12.1. The lowest BCUT2D eigenvalue weighted by atomic mass is 10.3. The third-order valence-electron chi connectivity index (χ3n) is 2.09. The summed E-state index contributed by atoms with van der Waals surface area (Å²) in [6.45, 7) is 0.166. The van der Waals surface area contributed by atoms with E-state index in [0.29, 0.717) is 11.6 Å². The molecule has 2 rings (SSSR count). The lowest BCUT2D eigenvalue weighted by Gasteiger charge is -2.06. The van der Waals surface area contributed by atoms with Gasteiger partial charge in [0.2, 0.25) is 5.88 Å². The molecule has 0 unspecified atom stereocenters. The van der Waals surface area contributed by atoms with Crippen molar-refractivity contribution >= 4 is 0 Å². The van der Waals surface area contributed by atoms with E-state index in [1.54, 1.807) is 24.3 Å². The van der Waals surface area contributed by atoms with Crippen LogP contribution in [0, 0.1) is 5.95 Å². The van der Waals surface area contributed by atoms with Crippen LogP contribution in [-0.2, 0) is 6.61 Å². The van der Waals surface area contributed by atoms with Gasteiger partial charge < -0.3 is 9.47 Å². The summed E-state index contributed by atoms with van der Waals surface area (Å²) in [5, 5.41) is 0. The molecule has 0 radical (unpaired) electrons. The van der Waals surface area contributed by atoms with Crippen LogP contribution in [0.3, 0.4) is 0 Å². The molecule has 5 heteroatoms. The number of methoxy groups -OCH3 is 1. The maximum absolute atomic E-state index is 13.2. The Hall–Kier alpha value is -2.17. The molecule has 2 heterocycles. The van der Waals surface area contributed by atoms with Gasteiger partial charge in [-0.1, -0.05) is 6.07 Å². The average molecular weight is 234 g/mol. The van der Waals surface area contributed by atoms with Gasteiger partial charge in [-0.2, -0.15) is 4.39 Å². The SMILES string of the molecule is COc1cccc(COc2cccnc2F)n1. The van der Waals surface area contributed by atoms with Gasteiger partial charge in [0.15, 0.2) is 5.75 Å². The van der Waals surface area contributed by atoms with Crippen molar-refractivity contribution in [1.82, 2.24) is 9.97 Å². The average Bonchev–Trinajstić information content (AvgIpc) is 2.38. The second kappa shape index (κ2) is 5.25. The molecule has 0 atom stereocenters. The number of aromatic nitrogens is 2. The van der Waals surface area contributed by atoms with Crippen molar-refractivity contribution in [2.24, 2.45) is 0 Å². The van der Waals surface area contributed by atoms with Crippen molar-refractivity contribution in [3.63, 3.8) is 0 Å². The van der Waals surface area contributed by atoms with Gasteiger partial charge in [0, 0.05) is 12.3 Å². The molecule has 2 aromatic rings. The summed E-state index contributed by atoms with van der Waals surface area (Å²) in [5.41, 5.74) is 0.660. The summed E-state index contributed by atoms with van der Waals surface area (Å²) in [6, 6.07) is 8.43. The van der Waals surface area contributed by atoms with Crippen LogP contribution in [0.2, 0.25) is 0 Å². The third kappa shape index (κ3) is 2.90. The molecule has 88 valence electrons. The monoisotopic (exact) mass is 234 g/mol. The van der Waals surface area contributed by atoms with Gasteiger partial charge >= 0.3 is 0 Å². The lowest BCUT2D eigenvalue weighted by Crippen LogP contribution is -2.01. The number of pyridine rings is 2. The molecule has 0 aliphatic rings. The Morgan fingerprint density at radius 1 is 1.24 bits per heavy atom. The molecule has 0 spiro atoms. The number of nitrogens with zero attached hydrogens (tertiary/aromatic N) is 2. The molecule has 0 saturated heterocycles. The summed E-state index contributed by atoms with van der Waals surface area (Å²) in [4.78, 5) is 7.63. The van der Waals surface area contributed by atoms with Gasteiger partial charge in [-0.25, -0.2) is 9.97 Å². The van der Waals surface area contributed by atoms with E-state index in [-0.39, 0.29) is 12.4 Å². The van der Waals surface area contributed by atoms with Gasteiger partial charge in [0.05, 0.1) is 12.8 Å². The standard InChI is InChI=1S/C12H11FN2O2/c1-16-11-6-2-4-9(15-11)8-17-10-5-3-7-14-12(10)13/h2-7H,8H2,1H3. The number of ether oxygens (including phenoxy) is 2. The van der Waals surface area contributed by atoms with Crippen LogP contribution in [-0.4, -0.2) is 17.1 Å². The molecule has 0 amide bonds. The quantitative estimate of drug-likeness (QED) is 0.761. The molecule has 4 nitrogen and oxygen atoms in total. The Balaban J connectivity index is 2.05. The van der Waals surface area contributed by atoms with E-state index in [4.69, 9.17) is 9.47 Å². The molecule has 2 aromatic heterocycles. The normalized spacial score (nSPS) is 10.0. The zero-order valence-electron chi connectivity index (χ0n) is 9.26. The predicted octanol–water partition coefficient (Wildman–Crippen LogP) is 2.20. The number of hydrogen-bond acceptors (Lipinski definition) is 4. The summed E-state index contributed by atoms with van der Waals surface area (Å²) in [6.07, 6.45) is 1.37. The molecule has 0 aromatic carbocycles. The van der Waals surface area contributed by atoms with E-state index in [2.05, 4.69) is 9.97 Å². The van der Waals surface area contributed by atoms with Gasteiger partial charge in [0.1, 0.15) is 6.61 Å². The fraction of sp³-hybridized carbons (Fsp3) is 0.167. The van der Waals surface area contributed by atoms with E-state index in [0.717, 1.165) is 0 Å². The van der Waals surface area contributed by atoms with E-state index in [1.165, 1.54) is 19.4 Å². The second-order valence-electron chi connectivity index (χ2n) is 3.25. The summed E-state index contributed by atoms with van der Waals surface area (Å²) in [5.74, 6) is -0.0229. The Labute approximate surface area is 98.1 Å². The topological polar surface area (TPSA) is 44.2 Å². The first kappa shape index (κ1) is 11.3. The van der Waals surface area contributed by atoms with Gasteiger partial charge in [-0.3, -0.25) is 0 Å². The summed E-state index contributed by atoms with van der Waals surface area (Å²) < 4.78 is 23.4. The molecule has 0 N–H and O–H groups in total. The van der Waals surface area contributed by atoms with E-state index in [9.17, 15) is 4.39 Å². The predicted molar refractivity (Wildman–Crippen MR) is 59.3 cm³/mol. The maximum atomic E-state index is 13.2. The van der Waals surface area contributed by atoms with Crippen molar-refractivity contribution in [1.29, 1.82) is 0 Å². The van der Waals surface area contributed by atoms with E-state index in [1.807, 2.05) is 0 Å². The minimum absolute atomic E-state index is 0.108. The molecule has 0 bridgehead atoms. The van der Waals surface area contributed by atoms with Crippen LogP contribution < -0.4 is 9.47 Å². The first-order chi connectivity index (χ1) is 8.29. The molecule has 0 aliphatic carbocycles. The molecular formula is C12H11FN2O2. The van der Waals surface area contributed by atoms with E-state index < -0.39 is 5.95 Å². The maximum Gasteiger partial charge on any atom is 0.255 e. The highest BCUT2D eigenvalue weighted by molar-refractivity contribution is 5.19. The third-order valence-corrected chi connectivity index (χ3v) is 2.09. The van der Waals surface area contributed by atoms with Gasteiger partial charge in [0.25, 0.3) is 5.95 Å². The highest BCUT2D eigenvalue weighted by Gasteiger charge is 2.04. The largest absolute Gasteiger partial charge is 0.482 e. The van der Waals surface area contributed by atoms with Crippen molar-refractivity contribution < 1.29 is 13.9 Å². The highest BCUT2D eigenvalue weighted by Crippen LogP contribution is 2.15. The molecule has 0 aliphatic heterocycles. The molecule has 0 fully saturated rings. The minimum Gasteiger partial charge on any atom is -0.482 e. The van der Waals surface area contributed by atoms with Crippen molar-refractivity contribution in [3.05, 3.63) is 48.2 Å². The van der Waals surface area contributed by atoms with Gasteiger partial charge in [-0.05, 0) is 18.2 Å². The van der Waals surface area contributed by atoms with Crippen LogP contribution in [0.25, 0.3) is 0 Å². The lowest BCUT2D eigenvalue weighted by molar-refractivity contribution is 0.279. The van der Waals surface area contributed by atoms with Crippen LogP contribution >= 0.6 is 0 Å². The first-order valence-electron chi connectivity index (χ1n) is 5.03. The van der Waals surface area contributed by atoms with Crippen molar-refractivity contribution in [3.8, 4) is 11.6 Å². The fourth-order valence-electron chi connectivity index (χ4n) is 1.28. The van der Waals surface area contributed by atoms with Crippen molar-refractivity contribution in [2.75, 3.05) is 7.11 Å². The first-order valence-corrected chi connectivity index (χ1v) is 5.03. The minimum atomic E-state index is -0.629. The Bertz CT molecular complexity index is 505. The zero-order valence-corrected chi connectivity index (χ0v) is 9.26. The fourth-order valence-corrected chi connectivity index (χ4v) is 1.28. The molecule has 0 saturated carbocycles. The Morgan fingerprint density at radius 3 is 2.88 bits per heavy atom. The van der Waals surface area contributed by atoms with Crippen LogP contribution in [0.5, 0.6) is 11.6 Å². The van der Waals surface area contributed by atoms with E-state index >= 15 is 0 Å². The molecular weight excluding hydrogens is 223 g/mol. The summed E-state index contributed by atoms with van der Waals surface area (Å²) >= 11 is 0. The number of hydrogen-bond donors (Lipinski definition) is 0.